The molecule has 0 aliphatic heterocycles. The molecular weight excluding hydrogens is 685 g/mol. The summed E-state index contributed by atoms with van der Waals surface area (Å²) in [7, 11) is 0. The number of furan rings is 1. The second-order valence-corrected chi connectivity index (χ2v) is 9.16. The predicted octanol–water partition coefficient (Wildman–Crippen LogP) is 8.33. The van der Waals surface area contributed by atoms with Crippen molar-refractivity contribution in [2.24, 2.45) is 0 Å². The number of hydrogen-bond acceptors (Lipinski definition) is 4. The van der Waals surface area contributed by atoms with Crippen molar-refractivity contribution in [2.75, 3.05) is 0 Å². The zero-order valence-corrected chi connectivity index (χ0v) is 24.1. The summed E-state index contributed by atoms with van der Waals surface area (Å²) in [6, 6.07) is 44.4. The van der Waals surface area contributed by atoms with Gasteiger partial charge in [-0.25, -0.2) is 0 Å². The summed E-state index contributed by atoms with van der Waals surface area (Å²) < 4.78 is 8.36. The van der Waals surface area contributed by atoms with Crippen LogP contribution in [0.25, 0.3) is 61.3 Å². The van der Waals surface area contributed by atoms with Crippen LogP contribution in [0.5, 0.6) is 0 Å². The van der Waals surface area contributed by atoms with E-state index >= 15 is 0 Å². The normalized spacial score (nSPS) is 10.7. The molecule has 41 heavy (non-hydrogen) atoms. The number of benzene rings is 4. The summed E-state index contributed by atoms with van der Waals surface area (Å²) in [5, 5.41) is 2.16. The Morgan fingerprint density at radius 3 is 2.34 bits per heavy atom. The Hall–Kier alpha value is -4.90. The molecule has 0 saturated carbocycles. The molecule has 0 bridgehead atoms. The molecule has 0 saturated heterocycles. The third kappa shape index (κ3) is 5.07. The smallest absolute Gasteiger partial charge is 0.120 e. The van der Waals surface area contributed by atoms with Gasteiger partial charge in [0, 0.05) is 43.6 Å². The molecule has 0 amide bonds. The fourth-order valence-corrected chi connectivity index (χ4v) is 4.87. The molecule has 0 aliphatic carbocycles. The van der Waals surface area contributed by atoms with Gasteiger partial charge in [0.15, 0.2) is 0 Å². The summed E-state index contributed by atoms with van der Waals surface area (Å²) in [5.41, 5.74) is 7.38. The van der Waals surface area contributed by atoms with Crippen LogP contribution in [0.3, 0.4) is 0 Å². The zero-order valence-electron chi connectivity index (χ0n) is 21.7. The van der Waals surface area contributed by atoms with Crippen molar-refractivity contribution in [3.05, 3.63) is 146 Å². The molecule has 4 aromatic carbocycles. The molecule has 0 aliphatic rings. The van der Waals surface area contributed by atoms with Crippen LogP contribution in [-0.4, -0.2) is 19.5 Å². The largest absolute Gasteiger partial charge is 0.501 e. The molecule has 6 heteroatoms. The van der Waals surface area contributed by atoms with E-state index in [-0.39, 0.29) is 20.1 Å². The van der Waals surface area contributed by atoms with E-state index in [1.807, 2.05) is 97.1 Å². The zero-order chi connectivity index (χ0) is 26.7. The van der Waals surface area contributed by atoms with Gasteiger partial charge >= 0.3 is 0 Å². The first-order chi connectivity index (χ1) is 19.9. The minimum atomic E-state index is 0. The molecule has 0 unspecified atom stereocenters. The molecular formula is C35H22IrN4O-2. The van der Waals surface area contributed by atoms with Crippen molar-refractivity contribution in [2.45, 2.75) is 0 Å². The Morgan fingerprint density at radius 1 is 0.683 bits per heavy atom. The van der Waals surface area contributed by atoms with E-state index in [1.54, 1.807) is 18.6 Å². The van der Waals surface area contributed by atoms with Crippen LogP contribution in [0.15, 0.2) is 138 Å². The van der Waals surface area contributed by atoms with Crippen LogP contribution < -0.4 is 0 Å². The van der Waals surface area contributed by atoms with Gasteiger partial charge in [-0.05, 0) is 36.0 Å². The number of aromatic nitrogens is 4. The number of para-hydroxylation sites is 2. The van der Waals surface area contributed by atoms with E-state index in [2.05, 4.69) is 44.9 Å². The Bertz CT molecular complexity index is 2020. The third-order valence-electron chi connectivity index (χ3n) is 6.68. The first kappa shape index (κ1) is 26.3. The van der Waals surface area contributed by atoms with Crippen LogP contribution in [0.1, 0.15) is 0 Å². The van der Waals surface area contributed by atoms with Crippen molar-refractivity contribution >= 4 is 33.0 Å². The van der Waals surface area contributed by atoms with Crippen molar-refractivity contribution < 1.29 is 24.5 Å². The average molecular weight is 707 g/mol. The van der Waals surface area contributed by atoms with Crippen LogP contribution in [-0.2, 0) is 20.1 Å². The third-order valence-corrected chi connectivity index (χ3v) is 6.68. The Balaban J connectivity index is 0.000000196. The molecule has 0 atom stereocenters. The van der Waals surface area contributed by atoms with E-state index in [1.165, 1.54) is 0 Å². The summed E-state index contributed by atoms with van der Waals surface area (Å²) in [5.74, 6) is 0.791. The molecule has 8 rings (SSSR count). The second kappa shape index (κ2) is 11.7. The van der Waals surface area contributed by atoms with Crippen LogP contribution >= 0.6 is 0 Å². The molecule has 4 heterocycles. The summed E-state index contributed by atoms with van der Waals surface area (Å²) in [4.78, 5) is 13.3. The number of hydrogen-bond donors (Lipinski definition) is 0. The van der Waals surface area contributed by atoms with Gasteiger partial charge in [-0.2, -0.15) is 0 Å². The monoisotopic (exact) mass is 707 g/mol. The molecule has 0 N–H and O–H groups in total. The van der Waals surface area contributed by atoms with Gasteiger partial charge in [0.25, 0.3) is 0 Å². The SMILES string of the molecule is [Ir].[c-]1ccc2c(oc3ccccc32)c1-c1nc2cnccc2n1-c1ccccc1.[c-]1ccccc1-c1ccccn1. The van der Waals surface area contributed by atoms with Gasteiger partial charge in [-0.3, -0.25) is 9.97 Å². The fourth-order valence-electron chi connectivity index (χ4n) is 4.87. The van der Waals surface area contributed by atoms with Crippen molar-refractivity contribution in [1.29, 1.82) is 0 Å². The van der Waals surface area contributed by atoms with E-state index in [0.29, 0.717) is 0 Å². The Kier molecular flexibility index (Phi) is 7.50. The number of pyridine rings is 2. The van der Waals surface area contributed by atoms with Gasteiger partial charge in [-0.15, -0.1) is 54.1 Å². The average Bonchev–Trinajstić information content (AvgIpc) is 3.62. The maximum Gasteiger partial charge on any atom is 0.120 e. The maximum atomic E-state index is 6.22. The number of rotatable bonds is 3. The molecule has 1 radical (unpaired) electrons. The number of fused-ring (bicyclic) bond motifs is 4. The van der Waals surface area contributed by atoms with Crippen molar-refractivity contribution in [1.82, 2.24) is 19.5 Å². The summed E-state index contributed by atoms with van der Waals surface area (Å²) in [6.45, 7) is 0. The van der Waals surface area contributed by atoms with Gasteiger partial charge < -0.3 is 14.0 Å². The quantitative estimate of drug-likeness (QED) is 0.174. The van der Waals surface area contributed by atoms with Crippen molar-refractivity contribution in [3.8, 4) is 28.3 Å². The van der Waals surface area contributed by atoms with Gasteiger partial charge in [-0.1, -0.05) is 59.5 Å². The van der Waals surface area contributed by atoms with E-state index in [4.69, 9.17) is 9.40 Å². The van der Waals surface area contributed by atoms with Crippen LogP contribution in [0.4, 0.5) is 0 Å². The molecule has 5 nitrogen and oxygen atoms in total. The van der Waals surface area contributed by atoms with Crippen LogP contribution in [0, 0.1) is 12.1 Å². The number of nitrogens with zero attached hydrogens (tertiary/aromatic N) is 4. The first-order valence-corrected chi connectivity index (χ1v) is 12.9. The van der Waals surface area contributed by atoms with Gasteiger partial charge in [0.1, 0.15) is 5.58 Å². The van der Waals surface area contributed by atoms with Gasteiger partial charge in [0.05, 0.1) is 28.6 Å². The van der Waals surface area contributed by atoms with Crippen molar-refractivity contribution in [3.63, 3.8) is 0 Å². The molecule has 199 valence electrons. The predicted molar refractivity (Wildman–Crippen MR) is 159 cm³/mol. The Morgan fingerprint density at radius 2 is 1.51 bits per heavy atom. The van der Waals surface area contributed by atoms with E-state index in [0.717, 1.165) is 61.3 Å². The van der Waals surface area contributed by atoms with E-state index in [9.17, 15) is 0 Å². The standard InChI is InChI=1S/C24H14N3O.C11H8N.Ir/c1-2-7-16(8-3-1)27-21-13-14-25-15-20(21)26-24(27)19-11-6-10-18-17-9-4-5-12-22(17)28-23(18)19;1-2-6-10(7-3-1)11-8-4-5-9-12-11;/h1-10,12-15H;1-6,8-9H;/q2*-1;. The molecule has 4 aromatic heterocycles. The minimum Gasteiger partial charge on any atom is -0.501 e. The maximum absolute atomic E-state index is 6.22. The van der Waals surface area contributed by atoms with Crippen LogP contribution in [0.2, 0.25) is 0 Å². The number of imidazole rings is 1. The minimum absolute atomic E-state index is 0. The fraction of sp³-hybridized carbons (Fsp3) is 0. The molecule has 0 fully saturated rings. The second-order valence-electron chi connectivity index (χ2n) is 9.16. The topological polar surface area (TPSA) is 56.7 Å². The molecule has 0 spiro atoms. The Labute approximate surface area is 250 Å². The molecule has 8 aromatic rings. The summed E-state index contributed by atoms with van der Waals surface area (Å²) in [6.07, 6.45) is 5.37. The summed E-state index contributed by atoms with van der Waals surface area (Å²) >= 11 is 0. The first-order valence-electron chi connectivity index (χ1n) is 12.9. The van der Waals surface area contributed by atoms with Gasteiger partial charge in [0.2, 0.25) is 0 Å². The van der Waals surface area contributed by atoms with E-state index < -0.39 is 0 Å².